The van der Waals surface area contributed by atoms with E-state index in [0.29, 0.717) is 32.2 Å². The molecule has 202 valence electrons. The largest absolute Gasteiger partial charge is 0.480 e. The molecule has 0 aromatic carbocycles. The third kappa shape index (κ3) is 14.3. The molecule has 12 nitrogen and oxygen atoms in total. The molecule has 12 heteroatoms. The van der Waals surface area contributed by atoms with E-state index in [-0.39, 0.29) is 31.1 Å². The molecule has 0 aliphatic rings. The summed E-state index contributed by atoms with van der Waals surface area (Å²) < 4.78 is 0. The minimum absolute atomic E-state index is 0.0575. The van der Waals surface area contributed by atoms with Crippen LogP contribution in [-0.4, -0.2) is 65.4 Å². The summed E-state index contributed by atoms with van der Waals surface area (Å²) in [5, 5.41) is 17.1. The summed E-state index contributed by atoms with van der Waals surface area (Å²) in [6.07, 6.45) is 1.69. The minimum atomic E-state index is -1.34. The van der Waals surface area contributed by atoms with Gasteiger partial charge in [0.05, 0.1) is 6.04 Å². The molecule has 0 aromatic heterocycles. The third-order valence-corrected chi connectivity index (χ3v) is 5.28. The van der Waals surface area contributed by atoms with Crippen LogP contribution in [0.15, 0.2) is 0 Å². The van der Waals surface area contributed by atoms with Gasteiger partial charge in [-0.05, 0) is 56.9 Å². The molecular formula is C23H44N6O6. The van der Waals surface area contributed by atoms with E-state index >= 15 is 0 Å². The van der Waals surface area contributed by atoms with Crippen molar-refractivity contribution in [2.24, 2.45) is 29.0 Å². The van der Waals surface area contributed by atoms with Crippen LogP contribution in [-0.2, 0) is 24.0 Å². The van der Waals surface area contributed by atoms with Gasteiger partial charge in [0.15, 0.2) is 0 Å². The lowest BCUT2D eigenvalue weighted by atomic mass is 10.00. The Bertz CT molecular complexity index is 715. The SMILES string of the molecule is CC(C)CC(N)C(=O)NC(CC(C)C)C(=O)NC(CCCCN)C(=O)NC(CCC(N)=O)C(=O)O. The molecule has 0 aliphatic heterocycles. The van der Waals surface area contributed by atoms with Gasteiger partial charge < -0.3 is 38.3 Å². The van der Waals surface area contributed by atoms with Gasteiger partial charge in [-0.15, -0.1) is 0 Å². The molecule has 0 saturated heterocycles. The molecule has 0 radical (unpaired) electrons. The van der Waals surface area contributed by atoms with Crippen molar-refractivity contribution in [3.8, 4) is 0 Å². The molecule has 0 bridgehead atoms. The first-order valence-electron chi connectivity index (χ1n) is 12.2. The van der Waals surface area contributed by atoms with Crippen LogP contribution in [0.3, 0.4) is 0 Å². The number of hydrogen-bond donors (Lipinski definition) is 7. The number of carboxylic acids is 1. The average Bonchev–Trinajstić information content (AvgIpc) is 2.73. The van der Waals surface area contributed by atoms with Crippen molar-refractivity contribution in [3.63, 3.8) is 0 Å². The molecule has 0 rings (SSSR count). The van der Waals surface area contributed by atoms with Gasteiger partial charge in [0.1, 0.15) is 18.1 Å². The fourth-order valence-corrected chi connectivity index (χ4v) is 3.45. The van der Waals surface area contributed by atoms with Crippen molar-refractivity contribution < 1.29 is 29.1 Å². The van der Waals surface area contributed by atoms with Crippen LogP contribution in [0.2, 0.25) is 0 Å². The number of nitrogens with one attached hydrogen (secondary N) is 3. The number of aliphatic carboxylic acids is 1. The molecule has 4 amide bonds. The lowest BCUT2D eigenvalue weighted by molar-refractivity contribution is -0.142. The van der Waals surface area contributed by atoms with Crippen LogP contribution in [0.25, 0.3) is 0 Å². The van der Waals surface area contributed by atoms with E-state index in [0.717, 1.165) is 0 Å². The Balaban J connectivity index is 5.52. The van der Waals surface area contributed by atoms with Gasteiger partial charge in [0.25, 0.3) is 0 Å². The zero-order chi connectivity index (χ0) is 27.1. The number of hydrogen-bond acceptors (Lipinski definition) is 7. The summed E-state index contributed by atoms with van der Waals surface area (Å²) in [7, 11) is 0. The molecule has 35 heavy (non-hydrogen) atoms. The molecule has 0 heterocycles. The topological polar surface area (TPSA) is 220 Å². The Kier molecular flexibility index (Phi) is 15.5. The van der Waals surface area contributed by atoms with Crippen molar-refractivity contribution in [2.75, 3.05) is 6.54 Å². The number of nitrogens with two attached hydrogens (primary N) is 3. The number of unbranched alkanes of at least 4 members (excludes halogenated alkanes) is 1. The van der Waals surface area contributed by atoms with Crippen molar-refractivity contribution in [1.82, 2.24) is 16.0 Å². The number of carbonyl (C=O) groups excluding carboxylic acids is 4. The van der Waals surface area contributed by atoms with Gasteiger partial charge in [0, 0.05) is 6.42 Å². The number of carboxylic acid groups (broad SMARTS) is 1. The second-order valence-electron chi connectivity index (χ2n) is 9.68. The summed E-state index contributed by atoms with van der Waals surface area (Å²) in [5.41, 5.74) is 16.6. The number of amides is 4. The van der Waals surface area contributed by atoms with Crippen LogP contribution < -0.4 is 33.2 Å². The van der Waals surface area contributed by atoms with Gasteiger partial charge >= 0.3 is 5.97 Å². The van der Waals surface area contributed by atoms with E-state index in [9.17, 15) is 29.1 Å². The maximum Gasteiger partial charge on any atom is 0.326 e. The van der Waals surface area contributed by atoms with E-state index in [1.165, 1.54) is 0 Å². The van der Waals surface area contributed by atoms with Gasteiger partial charge in [-0.25, -0.2) is 4.79 Å². The standard InChI is InChI=1S/C23H44N6O6/c1-13(2)11-15(25)20(31)29-18(12-14(3)4)22(33)27-16(7-5-6-10-24)21(32)28-17(23(34)35)8-9-19(26)30/h13-18H,5-12,24-25H2,1-4H3,(H2,26,30)(H,27,33)(H,28,32)(H,29,31)(H,34,35). The summed E-state index contributed by atoms with van der Waals surface area (Å²) in [4.78, 5) is 61.1. The van der Waals surface area contributed by atoms with Crippen LogP contribution in [0, 0.1) is 11.8 Å². The highest BCUT2D eigenvalue weighted by Gasteiger charge is 2.30. The predicted molar refractivity (Wildman–Crippen MR) is 132 cm³/mol. The average molecular weight is 501 g/mol. The smallest absolute Gasteiger partial charge is 0.326 e. The summed E-state index contributed by atoms with van der Waals surface area (Å²) >= 11 is 0. The summed E-state index contributed by atoms with van der Waals surface area (Å²) in [6.45, 7) is 8.04. The van der Waals surface area contributed by atoms with Crippen LogP contribution in [0.5, 0.6) is 0 Å². The van der Waals surface area contributed by atoms with E-state index in [1.54, 1.807) is 0 Å². The van der Waals surface area contributed by atoms with Crippen molar-refractivity contribution >= 4 is 29.6 Å². The first-order valence-corrected chi connectivity index (χ1v) is 12.2. The zero-order valence-corrected chi connectivity index (χ0v) is 21.3. The minimum Gasteiger partial charge on any atom is -0.480 e. The monoisotopic (exact) mass is 500 g/mol. The lowest BCUT2D eigenvalue weighted by Gasteiger charge is -2.26. The van der Waals surface area contributed by atoms with E-state index < -0.39 is 53.8 Å². The highest BCUT2D eigenvalue weighted by Crippen LogP contribution is 2.10. The van der Waals surface area contributed by atoms with E-state index in [4.69, 9.17) is 17.2 Å². The van der Waals surface area contributed by atoms with E-state index in [2.05, 4.69) is 16.0 Å². The molecular weight excluding hydrogens is 456 g/mol. The molecule has 0 aromatic rings. The first kappa shape index (κ1) is 32.3. The molecule has 0 aliphatic carbocycles. The zero-order valence-electron chi connectivity index (χ0n) is 21.3. The first-order chi connectivity index (χ1) is 16.3. The fourth-order valence-electron chi connectivity index (χ4n) is 3.45. The van der Waals surface area contributed by atoms with Crippen molar-refractivity contribution in [1.29, 1.82) is 0 Å². The predicted octanol–water partition coefficient (Wildman–Crippen LogP) is -0.661. The number of primary amides is 1. The normalized spacial score (nSPS) is 14.6. The maximum atomic E-state index is 13.1. The Hall–Kier alpha value is -2.73. The van der Waals surface area contributed by atoms with Gasteiger partial charge in [0.2, 0.25) is 23.6 Å². The van der Waals surface area contributed by atoms with E-state index in [1.807, 2.05) is 27.7 Å². The quantitative estimate of drug-likeness (QED) is 0.119. The Morgan fingerprint density at radius 1 is 0.743 bits per heavy atom. The van der Waals surface area contributed by atoms with Crippen LogP contribution in [0.1, 0.15) is 72.6 Å². The molecule has 4 unspecified atom stereocenters. The molecule has 4 atom stereocenters. The second kappa shape index (κ2) is 16.8. The van der Waals surface area contributed by atoms with Crippen LogP contribution >= 0.6 is 0 Å². The van der Waals surface area contributed by atoms with Crippen LogP contribution in [0.4, 0.5) is 0 Å². The summed E-state index contributed by atoms with van der Waals surface area (Å²) in [5.74, 6) is -3.50. The van der Waals surface area contributed by atoms with Crippen molar-refractivity contribution in [2.45, 2.75) is 96.8 Å². The van der Waals surface area contributed by atoms with Gasteiger partial charge in [-0.2, -0.15) is 0 Å². The highest BCUT2D eigenvalue weighted by molar-refractivity contribution is 5.94. The van der Waals surface area contributed by atoms with Gasteiger partial charge in [-0.3, -0.25) is 19.2 Å². The second-order valence-corrected chi connectivity index (χ2v) is 9.68. The Morgan fingerprint density at radius 3 is 1.74 bits per heavy atom. The third-order valence-electron chi connectivity index (χ3n) is 5.28. The number of rotatable bonds is 18. The Labute approximate surface area is 207 Å². The van der Waals surface area contributed by atoms with Crippen molar-refractivity contribution in [3.05, 3.63) is 0 Å². The molecule has 0 fully saturated rings. The fraction of sp³-hybridized carbons (Fsp3) is 0.783. The molecule has 10 N–H and O–H groups in total. The Morgan fingerprint density at radius 2 is 1.26 bits per heavy atom. The molecule has 0 spiro atoms. The number of carbonyl (C=O) groups is 5. The van der Waals surface area contributed by atoms with Gasteiger partial charge in [-0.1, -0.05) is 27.7 Å². The summed E-state index contributed by atoms with van der Waals surface area (Å²) in [6, 6.07) is -4.09. The highest BCUT2D eigenvalue weighted by atomic mass is 16.4. The lowest BCUT2D eigenvalue weighted by Crippen LogP contribution is -2.57. The molecule has 0 saturated carbocycles. The maximum absolute atomic E-state index is 13.1.